The van der Waals surface area contributed by atoms with Gasteiger partial charge in [-0.2, -0.15) is 0 Å². The molecule has 1 aromatic rings. The van der Waals surface area contributed by atoms with Gasteiger partial charge in [-0.3, -0.25) is 9.59 Å². The number of carbonyl (C=O) groups excluding carboxylic acids is 3. The Morgan fingerprint density at radius 2 is 1.70 bits per heavy atom. The van der Waals surface area contributed by atoms with Crippen LogP contribution in [0.1, 0.15) is 64.4 Å². The zero-order valence-corrected chi connectivity index (χ0v) is 23.0. The number of methoxy groups -OCH3 is 2. The number of nitrogens with zero attached hydrogens (tertiary/aromatic N) is 2. The van der Waals surface area contributed by atoms with Crippen molar-refractivity contribution >= 4 is 17.8 Å². The van der Waals surface area contributed by atoms with Gasteiger partial charge in [-0.1, -0.05) is 33.1 Å². The van der Waals surface area contributed by atoms with Gasteiger partial charge in [0.2, 0.25) is 11.8 Å². The molecule has 1 saturated carbocycles. The minimum Gasteiger partial charge on any atom is -0.497 e. The van der Waals surface area contributed by atoms with E-state index in [2.05, 4.69) is 10.6 Å². The fraction of sp³-hybridized carbons (Fsp3) is 0.679. The van der Waals surface area contributed by atoms with Gasteiger partial charge in [-0.15, -0.1) is 0 Å². The van der Waals surface area contributed by atoms with Gasteiger partial charge in [-0.05, 0) is 48.8 Å². The Labute approximate surface area is 221 Å². The first-order valence-electron chi connectivity index (χ1n) is 13.5. The number of rotatable bonds is 10. The summed E-state index contributed by atoms with van der Waals surface area (Å²) in [6.07, 6.45) is 6.54. The number of amides is 4. The number of ether oxygens (including phenoxy) is 2. The summed E-state index contributed by atoms with van der Waals surface area (Å²) < 4.78 is 10.8. The molecule has 0 spiro atoms. The van der Waals surface area contributed by atoms with Crippen LogP contribution in [0.25, 0.3) is 0 Å². The second-order valence-electron chi connectivity index (χ2n) is 10.7. The van der Waals surface area contributed by atoms with Crippen LogP contribution in [0.2, 0.25) is 0 Å². The van der Waals surface area contributed by atoms with Crippen LogP contribution in [0.3, 0.4) is 0 Å². The maximum absolute atomic E-state index is 13.8. The van der Waals surface area contributed by atoms with E-state index in [1.165, 1.54) is 19.3 Å². The Morgan fingerprint density at radius 1 is 1.05 bits per heavy atom. The molecule has 2 aliphatic rings. The molecule has 1 heterocycles. The fourth-order valence-electron chi connectivity index (χ4n) is 5.50. The molecule has 2 atom stereocenters. The van der Waals surface area contributed by atoms with E-state index in [1.54, 1.807) is 37.1 Å². The smallest absolute Gasteiger partial charge is 0.318 e. The van der Waals surface area contributed by atoms with Crippen LogP contribution in [-0.2, 0) is 16.1 Å². The molecule has 37 heavy (non-hydrogen) atoms. The van der Waals surface area contributed by atoms with Gasteiger partial charge in [-0.25, -0.2) is 4.79 Å². The Balaban J connectivity index is 1.86. The molecule has 3 rings (SSSR count). The normalized spacial score (nSPS) is 20.6. The number of nitrogens with one attached hydrogen (secondary N) is 2. The first kappa shape index (κ1) is 28.6. The van der Waals surface area contributed by atoms with Gasteiger partial charge in [0.1, 0.15) is 17.5 Å². The second-order valence-corrected chi connectivity index (χ2v) is 10.7. The molecular formula is C28H44N4O5. The summed E-state index contributed by atoms with van der Waals surface area (Å²) in [4.78, 5) is 43.3. The van der Waals surface area contributed by atoms with Crippen LogP contribution in [-0.4, -0.2) is 74.1 Å². The van der Waals surface area contributed by atoms with Crippen LogP contribution in [0.15, 0.2) is 18.2 Å². The summed E-state index contributed by atoms with van der Waals surface area (Å²) >= 11 is 0. The third kappa shape index (κ3) is 7.76. The van der Waals surface area contributed by atoms with Crippen molar-refractivity contribution in [2.75, 3.05) is 34.4 Å². The molecule has 9 nitrogen and oxygen atoms in total. The minimum atomic E-state index is -0.637. The molecular weight excluding hydrogens is 472 g/mol. The van der Waals surface area contributed by atoms with Gasteiger partial charge in [0.15, 0.2) is 0 Å². The predicted octanol–water partition coefficient (Wildman–Crippen LogP) is 3.56. The highest BCUT2D eigenvalue weighted by atomic mass is 16.5. The van der Waals surface area contributed by atoms with Crippen LogP contribution < -0.4 is 20.1 Å². The van der Waals surface area contributed by atoms with Crippen molar-refractivity contribution in [1.82, 2.24) is 20.4 Å². The molecule has 2 N–H and O–H groups in total. The van der Waals surface area contributed by atoms with Crippen molar-refractivity contribution in [1.29, 1.82) is 0 Å². The second kappa shape index (κ2) is 13.5. The Kier molecular flexibility index (Phi) is 10.5. The first-order chi connectivity index (χ1) is 17.7. The lowest BCUT2D eigenvalue weighted by Gasteiger charge is -2.46. The predicted molar refractivity (Wildman–Crippen MR) is 142 cm³/mol. The van der Waals surface area contributed by atoms with E-state index in [0.29, 0.717) is 36.9 Å². The van der Waals surface area contributed by atoms with Crippen molar-refractivity contribution in [3.05, 3.63) is 23.8 Å². The van der Waals surface area contributed by atoms with Gasteiger partial charge in [0, 0.05) is 39.2 Å². The van der Waals surface area contributed by atoms with E-state index in [9.17, 15) is 14.4 Å². The topological polar surface area (TPSA) is 100 Å². The average Bonchev–Trinajstić information content (AvgIpc) is 2.89. The van der Waals surface area contributed by atoms with Crippen molar-refractivity contribution in [3.8, 4) is 11.5 Å². The molecule has 0 bridgehead atoms. The van der Waals surface area contributed by atoms with Gasteiger partial charge >= 0.3 is 6.03 Å². The molecule has 1 aliphatic heterocycles. The number of hydrogen-bond donors (Lipinski definition) is 2. The summed E-state index contributed by atoms with van der Waals surface area (Å²) in [6.45, 7) is 5.31. The van der Waals surface area contributed by atoms with Crippen molar-refractivity contribution in [3.63, 3.8) is 0 Å². The highest BCUT2D eigenvalue weighted by molar-refractivity contribution is 5.89. The van der Waals surface area contributed by atoms with E-state index in [0.717, 1.165) is 18.4 Å². The van der Waals surface area contributed by atoms with Gasteiger partial charge in [0.25, 0.3) is 0 Å². The SMILES string of the molecule is CNC(=O)C[C@@H]1CN(Cc2cc(OC)cc(OC)c2)C(=O)[C@@H](CC(C)C)N1C(=O)NCC1CCCCC1. The lowest BCUT2D eigenvalue weighted by molar-refractivity contribution is -0.145. The zero-order valence-electron chi connectivity index (χ0n) is 23.0. The fourth-order valence-corrected chi connectivity index (χ4v) is 5.50. The van der Waals surface area contributed by atoms with Crippen LogP contribution in [0.5, 0.6) is 11.5 Å². The number of urea groups is 1. The Bertz CT molecular complexity index is 909. The zero-order chi connectivity index (χ0) is 26.9. The number of hydrogen-bond acceptors (Lipinski definition) is 5. The summed E-state index contributed by atoms with van der Waals surface area (Å²) in [7, 11) is 4.77. The van der Waals surface area contributed by atoms with Crippen molar-refractivity contribution in [2.24, 2.45) is 11.8 Å². The van der Waals surface area contributed by atoms with E-state index in [1.807, 2.05) is 26.0 Å². The quantitative estimate of drug-likeness (QED) is 0.495. The monoisotopic (exact) mass is 516 g/mol. The van der Waals surface area contributed by atoms with E-state index in [4.69, 9.17) is 9.47 Å². The Morgan fingerprint density at radius 3 is 2.27 bits per heavy atom. The number of benzene rings is 1. The van der Waals surface area contributed by atoms with E-state index < -0.39 is 12.1 Å². The third-order valence-corrected chi connectivity index (χ3v) is 7.44. The standard InChI is InChI=1S/C28H44N4O5/c1-19(2)11-25-27(34)31(17-21-12-23(36-4)15-24(13-21)37-5)18-22(14-26(33)29-3)32(25)28(35)30-16-20-9-7-6-8-10-20/h12-13,15,19-20,22,25H,6-11,14,16-18H2,1-5H3,(H,29,33)(H,30,35)/t22-,25-/m1/s1. The molecule has 1 aromatic carbocycles. The highest BCUT2D eigenvalue weighted by Gasteiger charge is 2.44. The number of piperazine rings is 1. The molecule has 0 aromatic heterocycles. The van der Waals surface area contributed by atoms with E-state index in [-0.39, 0.29) is 36.7 Å². The average molecular weight is 517 g/mol. The maximum Gasteiger partial charge on any atom is 0.318 e. The highest BCUT2D eigenvalue weighted by Crippen LogP contribution is 2.29. The van der Waals surface area contributed by atoms with Crippen LogP contribution in [0, 0.1) is 11.8 Å². The number of carbonyl (C=O) groups is 3. The lowest BCUT2D eigenvalue weighted by atomic mass is 9.89. The summed E-state index contributed by atoms with van der Waals surface area (Å²) in [5.74, 6) is 1.69. The first-order valence-corrected chi connectivity index (χ1v) is 13.5. The molecule has 0 radical (unpaired) electrons. The molecule has 4 amide bonds. The Hall–Kier alpha value is -2.97. The molecule has 2 fully saturated rings. The van der Waals surface area contributed by atoms with E-state index >= 15 is 0 Å². The van der Waals surface area contributed by atoms with Crippen LogP contribution >= 0.6 is 0 Å². The molecule has 206 valence electrons. The summed E-state index contributed by atoms with van der Waals surface area (Å²) in [5.41, 5.74) is 0.863. The van der Waals surface area contributed by atoms with Gasteiger partial charge in [0.05, 0.1) is 20.3 Å². The summed E-state index contributed by atoms with van der Waals surface area (Å²) in [5, 5.41) is 5.80. The van der Waals surface area contributed by atoms with Crippen molar-refractivity contribution in [2.45, 2.75) is 77.4 Å². The largest absolute Gasteiger partial charge is 0.497 e. The third-order valence-electron chi connectivity index (χ3n) is 7.44. The molecule has 1 aliphatic carbocycles. The van der Waals surface area contributed by atoms with Crippen molar-refractivity contribution < 1.29 is 23.9 Å². The maximum atomic E-state index is 13.8. The summed E-state index contributed by atoms with van der Waals surface area (Å²) in [6, 6.07) is 4.23. The van der Waals surface area contributed by atoms with Crippen LogP contribution in [0.4, 0.5) is 4.79 Å². The van der Waals surface area contributed by atoms with Gasteiger partial charge < -0.3 is 29.9 Å². The lowest BCUT2D eigenvalue weighted by Crippen LogP contribution is -2.65. The molecule has 1 saturated heterocycles. The minimum absolute atomic E-state index is 0.101. The molecule has 0 unspecified atom stereocenters. The molecule has 9 heteroatoms.